The van der Waals surface area contributed by atoms with E-state index < -0.39 is 0 Å². The maximum atomic E-state index is 6.45. The lowest BCUT2D eigenvalue weighted by Crippen LogP contribution is -2.23. The van der Waals surface area contributed by atoms with Crippen LogP contribution in [0.2, 0.25) is 5.02 Å². The lowest BCUT2D eigenvalue weighted by Gasteiger charge is -2.35. The van der Waals surface area contributed by atoms with Crippen molar-refractivity contribution in [1.82, 2.24) is 4.90 Å². The van der Waals surface area contributed by atoms with Gasteiger partial charge in [-0.2, -0.15) is 0 Å². The summed E-state index contributed by atoms with van der Waals surface area (Å²) in [6.45, 7) is 13.1. The van der Waals surface area contributed by atoms with Crippen molar-refractivity contribution in [1.29, 1.82) is 0 Å². The molecule has 0 amide bonds. The van der Waals surface area contributed by atoms with Gasteiger partial charge in [-0.1, -0.05) is 70.2 Å². The molecule has 0 radical (unpaired) electrons. The van der Waals surface area contributed by atoms with E-state index in [-0.39, 0.29) is 0 Å². The predicted molar refractivity (Wildman–Crippen MR) is 103 cm³/mol. The van der Waals surface area contributed by atoms with Crippen molar-refractivity contribution < 1.29 is 0 Å². The molecule has 122 valence electrons. The molecule has 0 fully saturated rings. The minimum atomic E-state index is 0.463. The monoisotopic (exact) mass is 327 g/mol. The molecule has 23 heavy (non-hydrogen) atoms. The Morgan fingerprint density at radius 1 is 1.30 bits per heavy atom. The second kappa shape index (κ2) is 7.70. The Morgan fingerprint density at radius 3 is 2.65 bits per heavy atom. The largest absolute Gasteiger partial charge is 0.314 e. The van der Waals surface area contributed by atoms with Crippen LogP contribution in [0.4, 0.5) is 0 Å². The quantitative estimate of drug-likeness (QED) is 0.532. The molecule has 0 saturated heterocycles. The molecular weight excluding hydrogens is 302 g/mol. The van der Waals surface area contributed by atoms with E-state index in [1.807, 2.05) is 12.1 Å². The first kappa shape index (κ1) is 17.6. The molecule has 0 unspecified atom stereocenters. The molecule has 1 heterocycles. The second-order valence-corrected chi connectivity index (χ2v) is 6.53. The molecule has 0 aliphatic carbocycles. The molecule has 0 spiro atoms. The van der Waals surface area contributed by atoms with Crippen molar-refractivity contribution in [2.75, 3.05) is 0 Å². The zero-order chi connectivity index (χ0) is 17.0. The van der Waals surface area contributed by atoms with Crippen LogP contribution in [0.5, 0.6) is 0 Å². The normalized spacial score (nSPS) is 15.4. The summed E-state index contributed by atoms with van der Waals surface area (Å²) >= 11 is 6.45. The van der Waals surface area contributed by atoms with Crippen molar-refractivity contribution in [3.63, 3.8) is 0 Å². The number of hydrogen-bond donors (Lipinski definition) is 0. The first-order valence-corrected chi connectivity index (χ1v) is 8.74. The Balaban J connectivity index is 2.59. The number of benzene rings is 1. The first-order chi connectivity index (χ1) is 11.0. The standard InChI is InChI=1S/C21H26ClN/c1-6-8-11-19(13-15(3)4)23-16(5)21-17(14-18(23)7-2)10-9-12-20(21)22/h8-15H,5-7H2,1-4H3/b11-8-,19-13+. The third-order valence-corrected chi connectivity index (χ3v) is 4.18. The molecule has 1 aliphatic rings. The number of allylic oxidation sites excluding steroid dienone is 4. The van der Waals surface area contributed by atoms with E-state index in [2.05, 4.69) is 69.5 Å². The van der Waals surface area contributed by atoms with Crippen molar-refractivity contribution in [3.8, 4) is 0 Å². The Kier molecular flexibility index (Phi) is 5.90. The highest BCUT2D eigenvalue weighted by atomic mass is 35.5. The van der Waals surface area contributed by atoms with E-state index in [0.717, 1.165) is 34.7 Å². The molecular formula is C21H26ClN. The Hall–Kier alpha value is -1.73. The van der Waals surface area contributed by atoms with Crippen LogP contribution in [0, 0.1) is 5.92 Å². The van der Waals surface area contributed by atoms with Crippen LogP contribution in [0.1, 0.15) is 51.7 Å². The number of fused-ring (bicyclic) bond motifs is 1. The average Bonchev–Trinajstić information content (AvgIpc) is 2.51. The number of hydrogen-bond acceptors (Lipinski definition) is 1. The minimum Gasteiger partial charge on any atom is -0.314 e. The summed E-state index contributed by atoms with van der Waals surface area (Å²) in [5.74, 6) is 0.463. The van der Waals surface area contributed by atoms with Gasteiger partial charge in [0, 0.05) is 22.7 Å². The molecule has 0 saturated carbocycles. The third kappa shape index (κ3) is 3.79. The summed E-state index contributed by atoms with van der Waals surface area (Å²) in [6.07, 6.45) is 10.8. The van der Waals surface area contributed by atoms with Gasteiger partial charge in [0.25, 0.3) is 0 Å². The average molecular weight is 328 g/mol. The van der Waals surface area contributed by atoms with E-state index in [9.17, 15) is 0 Å². The molecule has 1 aliphatic heterocycles. The van der Waals surface area contributed by atoms with Gasteiger partial charge in [0.1, 0.15) is 0 Å². The van der Waals surface area contributed by atoms with E-state index in [1.54, 1.807) is 0 Å². The molecule has 2 heteroatoms. The summed E-state index contributed by atoms with van der Waals surface area (Å²) < 4.78 is 0. The summed E-state index contributed by atoms with van der Waals surface area (Å²) in [7, 11) is 0. The van der Waals surface area contributed by atoms with Crippen molar-refractivity contribution in [3.05, 3.63) is 70.5 Å². The zero-order valence-corrected chi connectivity index (χ0v) is 15.3. The highest BCUT2D eigenvalue weighted by Gasteiger charge is 2.24. The van der Waals surface area contributed by atoms with Gasteiger partial charge in [-0.05, 0) is 42.5 Å². The van der Waals surface area contributed by atoms with Crippen molar-refractivity contribution >= 4 is 23.4 Å². The molecule has 1 aromatic rings. The maximum Gasteiger partial charge on any atom is 0.0505 e. The van der Waals surface area contributed by atoms with Gasteiger partial charge < -0.3 is 4.90 Å². The predicted octanol–water partition coefficient (Wildman–Crippen LogP) is 6.88. The number of rotatable bonds is 5. The van der Waals surface area contributed by atoms with Gasteiger partial charge >= 0.3 is 0 Å². The van der Waals surface area contributed by atoms with Crippen LogP contribution in [0.25, 0.3) is 11.8 Å². The van der Waals surface area contributed by atoms with Crippen LogP contribution >= 0.6 is 11.6 Å². The molecule has 0 aromatic heterocycles. The fourth-order valence-electron chi connectivity index (χ4n) is 2.86. The van der Waals surface area contributed by atoms with Crippen LogP contribution in [0.3, 0.4) is 0 Å². The fourth-order valence-corrected chi connectivity index (χ4v) is 3.15. The van der Waals surface area contributed by atoms with E-state index in [0.29, 0.717) is 5.92 Å². The van der Waals surface area contributed by atoms with Gasteiger partial charge in [-0.3, -0.25) is 0 Å². The number of nitrogens with zero attached hydrogens (tertiary/aromatic N) is 1. The highest BCUT2D eigenvalue weighted by Crippen LogP contribution is 2.40. The molecule has 0 atom stereocenters. The SMILES string of the molecule is C=C1c2c(Cl)cccc2C=C(CC)N1C(/C=C\CC)=C/C(C)C. The fraction of sp³-hybridized carbons (Fsp3) is 0.333. The number of halogens is 1. The summed E-state index contributed by atoms with van der Waals surface area (Å²) in [6, 6.07) is 6.03. The summed E-state index contributed by atoms with van der Waals surface area (Å²) in [5, 5.41) is 0.757. The maximum absolute atomic E-state index is 6.45. The smallest absolute Gasteiger partial charge is 0.0505 e. The van der Waals surface area contributed by atoms with Crippen molar-refractivity contribution in [2.45, 2.75) is 40.5 Å². The summed E-state index contributed by atoms with van der Waals surface area (Å²) in [5.41, 5.74) is 5.56. The Bertz CT molecular complexity index is 677. The molecule has 1 aromatic carbocycles. The zero-order valence-electron chi connectivity index (χ0n) is 14.6. The van der Waals surface area contributed by atoms with Gasteiger partial charge in [-0.15, -0.1) is 0 Å². The molecule has 2 rings (SSSR count). The van der Waals surface area contributed by atoms with Crippen LogP contribution in [0.15, 0.2) is 54.4 Å². The topological polar surface area (TPSA) is 3.24 Å². The highest BCUT2D eigenvalue weighted by molar-refractivity contribution is 6.32. The third-order valence-electron chi connectivity index (χ3n) is 3.86. The van der Waals surface area contributed by atoms with Gasteiger partial charge in [0.2, 0.25) is 0 Å². The van der Waals surface area contributed by atoms with E-state index in [4.69, 9.17) is 11.6 Å². The van der Waals surface area contributed by atoms with Gasteiger partial charge in [0.05, 0.1) is 5.02 Å². The van der Waals surface area contributed by atoms with Crippen molar-refractivity contribution in [2.24, 2.45) is 5.92 Å². The van der Waals surface area contributed by atoms with Crippen LogP contribution in [-0.2, 0) is 0 Å². The van der Waals surface area contributed by atoms with Gasteiger partial charge in [-0.25, -0.2) is 0 Å². The summed E-state index contributed by atoms with van der Waals surface area (Å²) in [4.78, 5) is 2.25. The molecule has 0 bridgehead atoms. The lowest BCUT2D eigenvalue weighted by molar-refractivity contribution is 0.585. The lowest BCUT2D eigenvalue weighted by atomic mass is 9.96. The Labute approximate surface area is 145 Å². The van der Waals surface area contributed by atoms with E-state index in [1.165, 1.54) is 11.4 Å². The van der Waals surface area contributed by atoms with Gasteiger partial charge in [0.15, 0.2) is 0 Å². The second-order valence-electron chi connectivity index (χ2n) is 6.12. The molecule has 0 N–H and O–H groups in total. The Morgan fingerprint density at radius 2 is 2.04 bits per heavy atom. The molecule has 1 nitrogen and oxygen atoms in total. The van der Waals surface area contributed by atoms with E-state index >= 15 is 0 Å². The van der Waals surface area contributed by atoms with Crippen LogP contribution < -0.4 is 0 Å². The first-order valence-electron chi connectivity index (χ1n) is 8.36. The minimum absolute atomic E-state index is 0.463. The van der Waals surface area contributed by atoms with Crippen LogP contribution in [-0.4, -0.2) is 4.90 Å².